The maximum Gasteiger partial charge on any atom is 0.120 e. The highest BCUT2D eigenvalue weighted by Gasteiger charge is 2.21. The van der Waals surface area contributed by atoms with Gasteiger partial charge in [0.25, 0.3) is 0 Å². The molecule has 1 aromatic heterocycles. The van der Waals surface area contributed by atoms with Crippen molar-refractivity contribution in [1.82, 2.24) is 9.47 Å². The SMILES string of the molecule is COc1ccc2c(CCN(C)C)cn(CCOC3CC3)c2c1. The molecule has 0 bridgehead atoms. The lowest BCUT2D eigenvalue weighted by molar-refractivity contribution is 0.113. The number of hydrogen-bond donors (Lipinski definition) is 0. The molecule has 1 heterocycles. The third-order valence-electron chi connectivity index (χ3n) is 4.21. The molecule has 0 N–H and O–H groups in total. The number of hydrogen-bond acceptors (Lipinski definition) is 3. The van der Waals surface area contributed by atoms with Crippen molar-refractivity contribution in [3.63, 3.8) is 0 Å². The molecule has 0 aliphatic heterocycles. The Morgan fingerprint density at radius 1 is 1.27 bits per heavy atom. The third kappa shape index (κ3) is 3.62. The van der Waals surface area contributed by atoms with E-state index in [1.54, 1.807) is 7.11 Å². The van der Waals surface area contributed by atoms with E-state index >= 15 is 0 Å². The van der Waals surface area contributed by atoms with Crippen molar-refractivity contribution in [3.8, 4) is 5.75 Å². The zero-order valence-electron chi connectivity index (χ0n) is 13.8. The van der Waals surface area contributed by atoms with Gasteiger partial charge in [0.15, 0.2) is 0 Å². The van der Waals surface area contributed by atoms with Crippen molar-refractivity contribution in [2.45, 2.75) is 31.9 Å². The van der Waals surface area contributed by atoms with Gasteiger partial charge in [-0.25, -0.2) is 0 Å². The van der Waals surface area contributed by atoms with E-state index in [9.17, 15) is 0 Å². The number of nitrogens with zero attached hydrogens (tertiary/aromatic N) is 2. The number of rotatable bonds is 8. The molecule has 3 rings (SSSR count). The predicted molar refractivity (Wildman–Crippen MR) is 89.7 cm³/mol. The van der Waals surface area contributed by atoms with Crippen LogP contribution in [0.4, 0.5) is 0 Å². The molecule has 1 aliphatic rings. The molecule has 0 atom stereocenters. The Kier molecular flexibility index (Phi) is 4.69. The summed E-state index contributed by atoms with van der Waals surface area (Å²) < 4.78 is 13.5. The molecule has 1 aromatic carbocycles. The van der Waals surface area contributed by atoms with Gasteiger partial charge in [-0.2, -0.15) is 0 Å². The summed E-state index contributed by atoms with van der Waals surface area (Å²) in [7, 11) is 5.95. The Hall–Kier alpha value is -1.52. The average molecular weight is 302 g/mol. The van der Waals surface area contributed by atoms with E-state index in [0.29, 0.717) is 6.10 Å². The van der Waals surface area contributed by atoms with Gasteiger partial charge in [0, 0.05) is 30.7 Å². The lowest BCUT2D eigenvalue weighted by Crippen LogP contribution is -2.14. The van der Waals surface area contributed by atoms with E-state index in [-0.39, 0.29) is 0 Å². The average Bonchev–Trinajstić information content (AvgIpc) is 3.27. The lowest BCUT2D eigenvalue weighted by Gasteiger charge is -2.08. The van der Waals surface area contributed by atoms with Crippen molar-refractivity contribution >= 4 is 10.9 Å². The summed E-state index contributed by atoms with van der Waals surface area (Å²) in [5, 5.41) is 1.33. The minimum atomic E-state index is 0.518. The lowest BCUT2D eigenvalue weighted by atomic mass is 10.1. The smallest absolute Gasteiger partial charge is 0.120 e. The van der Waals surface area contributed by atoms with Crippen molar-refractivity contribution in [1.29, 1.82) is 0 Å². The largest absolute Gasteiger partial charge is 0.497 e. The summed E-state index contributed by atoms with van der Waals surface area (Å²) in [6.07, 6.45) is 6.32. The monoisotopic (exact) mass is 302 g/mol. The highest BCUT2D eigenvalue weighted by atomic mass is 16.5. The van der Waals surface area contributed by atoms with Gasteiger partial charge in [0.2, 0.25) is 0 Å². The number of ether oxygens (including phenoxy) is 2. The van der Waals surface area contributed by atoms with Crippen molar-refractivity contribution in [3.05, 3.63) is 30.0 Å². The fourth-order valence-corrected chi connectivity index (χ4v) is 2.76. The van der Waals surface area contributed by atoms with Gasteiger partial charge >= 0.3 is 0 Å². The molecule has 0 unspecified atom stereocenters. The number of aromatic nitrogens is 1. The van der Waals surface area contributed by atoms with E-state index in [2.05, 4.69) is 41.9 Å². The second-order valence-corrected chi connectivity index (χ2v) is 6.35. The van der Waals surface area contributed by atoms with Gasteiger partial charge in [-0.3, -0.25) is 0 Å². The number of methoxy groups -OCH3 is 1. The molecule has 2 aromatic rings. The molecule has 1 fully saturated rings. The predicted octanol–water partition coefficient (Wildman–Crippen LogP) is 2.93. The fourth-order valence-electron chi connectivity index (χ4n) is 2.76. The molecule has 120 valence electrons. The van der Waals surface area contributed by atoms with Crippen LogP contribution in [0.15, 0.2) is 24.4 Å². The summed E-state index contributed by atoms with van der Waals surface area (Å²) >= 11 is 0. The number of likely N-dealkylation sites (N-methyl/N-ethyl adjacent to an activating group) is 1. The zero-order valence-corrected chi connectivity index (χ0v) is 13.8. The number of benzene rings is 1. The number of fused-ring (bicyclic) bond motifs is 1. The maximum atomic E-state index is 5.81. The van der Waals surface area contributed by atoms with Gasteiger partial charge < -0.3 is 18.9 Å². The first kappa shape index (κ1) is 15.4. The molecular weight excluding hydrogens is 276 g/mol. The van der Waals surface area contributed by atoms with Crippen molar-refractivity contribution < 1.29 is 9.47 Å². The van der Waals surface area contributed by atoms with Crippen LogP contribution in [0, 0.1) is 0 Å². The molecule has 4 nitrogen and oxygen atoms in total. The van der Waals surface area contributed by atoms with Gasteiger partial charge in [-0.1, -0.05) is 0 Å². The van der Waals surface area contributed by atoms with E-state index in [1.807, 2.05) is 6.07 Å². The second-order valence-electron chi connectivity index (χ2n) is 6.35. The van der Waals surface area contributed by atoms with Crippen molar-refractivity contribution in [2.75, 3.05) is 34.4 Å². The molecule has 1 saturated carbocycles. The van der Waals surface area contributed by atoms with Crippen LogP contribution in [0.2, 0.25) is 0 Å². The van der Waals surface area contributed by atoms with Crippen LogP contribution < -0.4 is 4.74 Å². The van der Waals surface area contributed by atoms with Crippen LogP contribution in [-0.4, -0.2) is 49.9 Å². The minimum absolute atomic E-state index is 0.518. The fraction of sp³-hybridized carbons (Fsp3) is 0.556. The molecule has 22 heavy (non-hydrogen) atoms. The van der Waals surface area contributed by atoms with Crippen LogP contribution in [0.5, 0.6) is 5.75 Å². The summed E-state index contributed by atoms with van der Waals surface area (Å²) in [6, 6.07) is 6.36. The van der Waals surface area contributed by atoms with Crippen LogP contribution in [0.1, 0.15) is 18.4 Å². The van der Waals surface area contributed by atoms with Crippen LogP contribution in [0.3, 0.4) is 0 Å². The van der Waals surface area contributed by atoms with E-state index in [0.717, 1.165) is 31.9 Å². The standard InChI is InChI=1S/C18H26N2O2/c1-19(2)9-8-14-13-20(10-11-22-15-4-5-15)18-12-16(21-3)6-7-17(14)18/h6-7,12-13,15H,4-5,8-11H2,1-3H3. The van der Waals surface area contributed by atoms with Gasteiger partial charge in [-0.05, 0) is 51.1 Å². The molecule has 0 radical (unpaired) electrons. The molecular formula is C18H26N2O2. The quantitative estimate of drug-likeness (QED) is 0.750. The first-order valence-corrected chi connectivity index (χ1v) is 8.09. The van der Waals surface area contributed by atoms with Gasteiger partial charge in [-0.15, -0.1) is 0 Å². The van der Waals surface area contributed by atoms with E-state index in [1.165, 1.54) is 29.3 Å². The van der Waals surface area contributed by atoms with Crippen LogP contribution in [-0.2, 0) is 17.7 Å². The molecule has 1 aliphatic carbocycles. The molecule has 0 saturated heterocycles. The molecule has 0 amide bonds. The summed E-state index contributed by atoms with van der Waals surface area (Å²) in [5.41, 5.74) is 2.64. The first-order chi connectivity index (χ1) is 10.7. The summed E-state index contributed by atoms with van der Waals surface area (Å²) in [4.78, 5) is 2.23. The Balaban J connectivity index is 1.82. The van der Waals surface area contributed by atoms with Crippen molar-refractivity contribution in [2.24, 2.45) is 0 Å². The minimum Gasteiger partial charge on any atom is -0.497 e. The van der Waals surface area contributed by atoms with Gasteiger partial charge in [0.05, 0.1) is 25.3 Å². The normalized spacial score (nSPS) is 14.9. The van der Waals surface area contributed by atoms with E-state index in [4.69, 9.17) is 9.47 Å². The highest BCUT2D eigenvalue weighted by Crippen LogP contribution is 2.27. The summed E-state index contributed by atoms with van der Waals surface area (Å²) in [6.45, 7) is 2.75. The topological polar surface area (TPSA) is 26.6 Å². The summed E-state index contributed by atoms with van der Waals surface area (Å²) in [5.74, 6) is 0.911. The molecule has 4 heteroatoms. The Morgan fingerprint density at radius 2 is 2.09 bits per heavy atom. The van der Waals surface area contributed by atoms with Crippen LogP contribution in [0.25, 0.3) is 10.9 Å². The maximum absolute atomic E-state index is 5.81. The Labute approximate surface area is 132 Å². The second kappa shape index (κ2) is 6.71. The molecule has 0 spiro atoms. The first-order valence-electron chi connectivity index (χ1n) is 8.09. The van der Waals surface area contributed by atoms with Gasteiger partial charge in [0.1, 0.15) is 5.75 Å². The van der Waals surface area contributed by atoms with E-state index < -0.39 is 0 Å². The van der Waals surface area contributed by atoms with Crippen LogP contribution >= 0.6 is 0 Å². The zero-order chi connectivity index (χ0) is 15.5. The Morgan fingerprint density at radius 3 is 2.77 bits per heavy atom. The third-order valence-corrected chi connectivity index (χ3v) is 4.21. The Bertz CT molecular complexity index is 629. The highest BCUT2D eigenvalue weighted by molar-refractivity contribution is 5.85.